The van der Waals surface area contributed by atoms with Crippen LogP contribution in [0.5, 0.6) is 0 Å². The van der Waals surface area contributed by atoms with Crippen LogP contribution in [0.1, 0.15) is 28.7 Å². The quantitative estimate of drug-likeness (QED) is 0.847. The molecule has 2 aromatic carbocycles. The van der Waals surface area contributed by atoms with Gasteiger partial charge in [0.1, 0.15) is 0 Å². The van der Waals surface area contributed by atoms with Gasteiger partial charge < -0.3 is 10.4 Å². The van der Waals surface area contributed by atoms with Gasteiger partial charge in [-0.25, -0.2) is 0 Å². The minimum atomic E-state index is -0.952. The van der Waals surface area contributed by atoms with Gasteiger partial charge in [-0.05, 0) is 49.9 Å². The summed E-state index contributed by atoms with van der Waals surface area (Å²) in [5.74, 6) is -1.97. The van der Waals surface area contributed by atoms with E-state index in [0.717, 1.165) is 27.9 Å². The minimum Gasteiger partial charge on any atom is -0.481 e. The summed E-state index contributed by atoms with van der Waals surface area (Å²) in [4.78, 5) is 23.8. The first-order chi connectivity index (χ1) is 11.3. The van der Waals surface area contributed by atoms with Crippen molar-refractivity contribution in [1.82, 2.24) is 0 Å². The van der Waals surface area contributed by atoms with Crippen LogP contribution in [-0.4, -0.2) is 17.0 Å². The second kappa shape index (κ2) is 7.77. The second-order valence-corrected chi connectivity index (χ2v) is 6.30. The Hall–Kier alpha value is -2.62. The largest absolute Gasteiger partial charge is 0.481 e. The SMILES string of the molecule is Cc1ccc(CC(CC(=O)Nc2cc(C)ccc2C)C(=O)O)cc1. The van der Waals surface area contributed by atoms with Gasteiger partial charge in [-0.1, -0.05) is 42.0 Å². The summed E-state index contributed by atoms with van der Waals surface area (Å²) < 4.78 is 0. The average Bonchev–Trinajstić information content (AvgIpc) is 2.52. The summed E-state index contributed by atoms with van der Waals surface area (Å²) in [7, 11) is 0. The van der Waals surface area contributed by atoms with Gasteiger partial charge >= 0.3 is 5.97 Å². The zero-order valence-electron chi connectivity index (χ0n) is 14.3. The highest BCUT2D eigenvalue weighted by Crippen LogP contribution is 2.19. The van der Waals surface area contributed by atoms with Crippen LogP contribution in [0.4, 0.5) is 5.69 Å². The maximum atomic E-state index is 12.3. The highest BCUT2D eigenvalue weighted by Gasteiger charge is 2.22. The Morgan fingerprint density at radius 1 is 1.00 bits per heavy atom. The van der Waals surface area contributed by atoms with Crippen LogP contribution < -0.4 is 5.32 Å². The van der Waals surface area contributed by atoms with Crippen molar-refractivity contribution in [1.29, 1.82) is 0 Å². The molecule has 1 amide bonds. The molecule has 0 saturated carbocycles. The fourth-order valence-corrected chi connectivity index (χ4v) is 2.55. The third-order valence-electron chi connectivity index (χ3n) is 4.05. The van der Waals surface area contributed by atoms with Gasteiger partial charge in [0.25, 0.3) is 0 Å². The average molecular weight is 325 g/mol. The topological polar surface area (TPSA) is 66.4 Å². The summed E-state index contributed by atoms with van der Waals surface area (Å²) in [6, 6.07) is 13.5. The summed E-state index contributed by atoms with van der Waals surface area (Å²) in [5.41, 5.74) is 4.79. The minimum absolute atomic E-state index is 0.0450. The number of rotatable bonds is 6. The molecule has 2 rings (SSSR count). The molecule has 0 saturated heterocycles. The molecular weight excluding hydrogens is 302 g/mol. The van der Waals surface area contributed by atoms with Crippen molar-refractivity contribution in [3.8, 4) is 0 Å². The predicted molar refractivity (Wildman–Crippen MR) is 95.2 cm³/mol. The molecule has 4 nitrogen and oxygen atoms in total. The molecule has 24 heavy (non-hydrogen) atoms. The Kier molecular flexibility index (Phi) is 5.74. The number of carbonyl (C=O) groups excluding carboxylic acids is 1. The van der Waals surface area contributed by atoms with Gasteiger partial charge in [-0.15, -0.1) is 0 Å². The number of carboxylic acid groups (broad SMARTS) is 1. The molecule has 2 aromatic rings. The van der Waals surface area contributed by atoms with E-state index >= 15 is 0 Å². The lowest BCUT2D eigenvalue weighted by atomic mass is 9.95. The monoisotopic (exact) mass is 325 g/mol. The van der Waals surface area contributed by atoms with Crippen molar-refractivity contribution in [2.45, 2.75) is 33.6 Å². The molecule has 0 fully saturated rings. The zero-order chi connectivity index (χ0) is 17.7. The molecule has 0 radical (unpaired) electrons. The van der Waals surface area contributed by atoms with Gasteiger partial charge in [0.05, 0.1) is 5.92 Å². The number of anilines is 1. The van der Waals surface area contributed by atoms with Gasteiger partial charge in [-0.2, -0.15) is 0 Å². The van der Waals surface area contributed by atoms with E-state index in [0.29, 0.717) is 6.42 Å². The number of carbonyl (C=O) groups is 2. The fraction of sp³-hybridized carbons (Fsp3) is 0.300. The summed E-state index contributed by atoms with van der Waals surface area (Å²) >= 11 is 0. The Morgan fingerprint density at radius 3 is 2.25 bits per heavy atom. The molecule has 0 aliphatic heterocycles. The van der Waals surface area contributed by atoms with E-state index in [9.17, 15) is 14.7 Å². The third-order valence-corrected chi connectivity index (χ3v) is 4.05. The van der Waals surface area contributed by atoms with Crippen molar-refractivity contribution < 1.29 is 14.7 Å². The van der Waals surface area contributed by atoms with Crippen molar-refractivity contribution in [2.75, 3.05) is 5.32 Å². The number of carboxylic acids is 1. The third kappa shape index (κ3) is 4.95. The normalized spacial score (nSPS) is 11.8. The second-order valence-electron chi connectivity index (χ2n) is 6.30. The molecule has 0 aromatic heterocycles. The predicted octanol–water partition coefficient (Wildman–Crippen LogP) is 3.88. The van der Waals surface area contributed by atoms with E-state index < -0.39 is 11.9 Å². The van der Waals surface area contributed by atoms with Gasteiger partial charge in [0.2, 0.25) is 5.91 Å². The van der Waals surface area contributed by atoms with E-state index in [-0.39, 0.29) is 12.3 Å². The lowest BCUT2D eigenvalue weighted by Crippen LogP contribution is -2.24. The van der Waals surface area contributed by atoms with Gasteiger partial charge in [0, 0.05) is 12.1 Å². The summed E-state index contributed by atoms with van der Waals surface area (Å²) in [6.45, 7) is 5.85. The Balaban J connectivity index is 2.04. The van der Waals surface area contributed by atoms with Gasteiger partial charge in [-0.3, -0.25) is 9.59 Å². The van der Waals surface area contributed by atoms with Crippen LogP contribution >= 0.6 is 0 Å². The molecular formula is C20H23NO3. The van der Waals surface area contributed by atoms with E-state index in [1.165, 1.54) is 0 Å². The number of aryl methyl sites for hydroxylation is 3. The van der Waals surface area contributed by atoms with Crippen LogP contribution in [0.25, 0.3) is 0 Å². The molecule has 1 atom stereocenters. The smallest absolute Gasteiger partial charge is 0.307 e. The van der Waals surface area contributed by atoms with Crippen LogP contribution in [-0.2, 0) is 16.0 Å². The zero-order valence-corrected chi connectivity index (χ0v) is 14.3. The van der Waals surface area contributed by atoms with Crippen molar-refractivity contribution >= 4 is 17.6 Å². The van der Waals surface area contributed by atoms with Crippen molar-refractivity contribution in [2.24, 2.45) is 5.92 Å². The molecule has 0 bridgehead atoms. The molecule has 126 valence electrons. The Morgan fingerprint density at radius 2 is 1.62 bits per heavy atom. The molecule has 2 N–H and O–H groups in total. The number of hydrogen-bond donors (Lipinski definition) is 2. The number of nitrogens with one attached hydrogen (secondary N) is 1. The van der Waals surface area contributed by atoms with Crippen molar-refractivity contribution in [3.05, 3.63) is 64.7 Å². The molecule has 0 heterocycles. The highest BCUT2D eigenvalue weighted by atomic mass is 16.4. The number of hydrogen-bond acceptors (Lipinski definition) is 2. The lowest BCUT2D eigenvalue weighted by Gasteiger charge is -2.14. The van der Waals surface area contributed by atoms with Crippen LogP contribution in [0, 0.1) is 26.7 Å². The van der Waals surface area contributed by atoms with Gasteiger partial charge in [0.15, 0.2) is 0 Å². The maximum absolute atomic E-state index is 12.3. The molecule has 0 aliphatic carbocycles. The Labute approximate surface area is 142 Å². The van der Waals surface area contributed by atoms with Crippen LogP contribution in [0.15, 0.2) is 42.5 Å². The standard InChI is InChI=1S/C20H23NO3/c1-13-5-8-16(9-6-13)11-17(20(23)24)12-19(22)21-18-10-14(2)4-7-15(18)3/h4-10,17H,11-12H2,1-3H3,(H,21,22)(H,23,24). The first-order valence-corrected chi connectivity index (χ1v) is 8.00. The first-order valence-electron chi connectivity index (χ1n) is 8.00. The number of amides is 1. The number of aliphatic carboxylic acids is 1. The van der Waals surface area contributed by atoms with Crippen molar-refractivity contribution in [3.63, 3.8) is 0 Å². The van der Waals surface area contributed by atoms with E-state index in [4.69, 9.17) is 0 Å². The molecule has 0 spiro atoms. The van der Waals surface area contributed by atoms with Crippen LogP contribution in [0.3, 0.4) is 0 Å². The highest BCUT2D eigenvalue weighted by molar-refractivity contribution is 5.93. The van der Waals surface area contributed by atoms with E-state index in [2.05, 4.69) is 5.32 Å². The lowest BCUT2D eigenvalue weighted by molar-refractivity contribution is -0.143. The fourth-order valence-electron chi connectivity index (χ4n) is 2.55. The van der Waals surface area contributed by atoms with Crippen LogP contribution in [0.2, 0.25) is 0 Å². The summed E-state index contributed by atoms with van der Waals surface area (Å²) in [6.07, 6.45) is 0.298. The van der Waals surface area contributed by atoms with E-state index in [1.54, 1.807) is 0 Å². The molecule has 1 unspecified atom stereocenters. The number of benzene rings is 2. The molecule has 4 heteroatoms. The first kappa shape index (κ1) is 17.7. The maximum Gasteiger partial charge on any atom is 0.307 e. The summed E-state index contributed by atoms with van der Waals surface area (Å²) in [5, 5.41) is 12.3. The Bertz CT molecular complexity index is 735. The molecule has 0 aliphatic rings. The van der Waals surface area contributed by atoms with E-state index in [1.807, 2.05) is 63.2 Å².